The molecule has 1 rings (SSSR count). The van der Waals surface area contributed by atoms with Gasteiger partial charge in [-0.3, -0.25) is 4.98 Å². The van der Waals surface area contributed by atoms with Crippen LogP contribution in [-0.4, -0.2) is 11.1 Å². The van der Waals surface area contributed by atoms with Gasteiger partial charge < -0.3 is 0 Å². The molecule has 0 atom stereocenters. The highest BCUT2D eigenvalue weighted by Crippen LogP contribution is 2.09. The Labute approximate surface area is 58.4 Å². The highest BCUT2D eigenvalue weighted by molar-refractivity contribution is 5.48. The smallest absolute Gasteiger partial charge is 0.240 e. The largest absolute Gasteiger partial charge is 0.261 e. The van der Waals surface area contributed by atoms with Crippen LogP contribution < -0.4 is 0 Å². The Kier molecular flexibility index (Phi) is 1.92. The fourth-order valence-corrected chi connectivity index (χ4v) is 0.653. The maximum Gasteiger partial charge on any atom is 0.240 e. The molecule has 0 aliphatic rings. The molecular weight excluding hydrogens is 128 g/mol. The molecule has 0 aromatic carbocycles. The quantitative estimate of drug-likeness (QED) is 0.430. The molecule has 0 saturated carbocycles. The topological polar surface area (TPSA) is 42.3 Å². The predicted octanol–water partition coefficient (Wildman–Crippen LogP) is 1.36. The van der Waals surface area contributed by atoms with Crippen LogP contribution in [0.15, 0.2) is 23.3 Å². The molecule has 0 bridgehead atoms. The molecule has 0 spiro atoms. The summed E-state index contributed by atoms with van der Waals surface area (Å²) in [7, 11) is 0. The van der Waals surface area contributed by atoms with Crippen LogP contribution in [0.5, 0.6) is 0 Å². The van der Waals surface area contributed by atoms with Crippen LogP contribution in [0.2, 0.25) is 0 Å². The molecule has 3 nitrogen and oxygen atoms in total. The minimum absolute atomic E-state index is 0.600. The lowest BCUT2D eigenvalue weighted by atomic mass is 10.3. The molecule has 0 radical (unpaired) electrons. The van der Waals surface area contributed by atoms with Gasteiger partial charge in [-0.2, -0.15) is 4.99 Å². The van der Waals surface area contributed by atoms with Crippen LogP contribution in [0, 0.1) is 6.92 Å². The molecule has 0 amide bonds. The van der Waals surface area contributed by atoms with Crippen LogP contribution in [0.25, 0.3) is 0 Å². The Balaban J connectivity index is 3.06. The van der Waals surface area contributed by atoms with Crippen molar-refractivity contribution in [3.05, 3.63) is 24.0 Å². The zero-order valence-electron chi connectivity index (χ0n) is 5.53. The normalized spacial score (nSPS) is 8.50. The van der Waals surface area contributed by atoms with E-state index in [-0.39, 0.29) is 0 Å². The number of pyridine rings is 1. The van der Waals surface area contributed by atoms with Gasteiger partial charge >= 0.3 is 0 Å². The first-order valence-corrected chi connectivity index (χ1v) is 2.83. The molecule has 0 aliphatic carbocycles. The summed E-state index contributed by atoms with van der Waals surface area (Å²) < 4.78 is 0. The monoisotopic (exact) mass is 134 g/mol. The van der Waals surface area contributed by atoms with Crippen LogP contribution in [-0.2, 0) is 4.79 Å². The molecule has 0 aliphatic heterocycles. The van der Waals surface area contributed by atoms with Crippen molar-refractivity contribution in [3.8, 4) is 0 Å². The Morgan fingerprint density at radius 2 is 2.50 bits per heavy atom. The van der Waals surface area contributed by atoms with Crippen LogP contribution in [0.3, 0.4) is 0 Å². The van der Waals surface area contributed by atoms with Gasteiger partial charge in [-0.15, -0.1) is 0 Å². The van der Waals surface area contributed by atoms with E-state index in [0.717, 1.165) is 5.69 Å². The number of hydrogen-bond donors (Lipinski definition) is 0. The molecule has 0 saturated heterocycles. The zero-order valence-corrected chi connectivity index (χ0v) is 5.53. The Hall–Kier alpha value is -1.47. The number of nitrogens with zero attached hydrogens (tertiary/aromatic N) is 2. The first kappa shape index (κ1) is 6.65. The van der Waals surface area contributed by atoms with Gasteiger partial charge in [0, 0.05) is 11.9 Å². The van der Waals surface area contributed by atoms with Gasteiger partial charge in [-0.25, -0.2) is 4.79 Å². The molecular formula is C7H6N2O. The van der Waals surface area contributed by atoms with E-state index in [0.29, 0.717) is 5.69 Å². The summed E-state index contributed by atoms with van der Waals surface area (Å²) >= 11 is 0. The summed E-state index contributed by atoms with van der Waals surface area (Å²) in [6.45, 7) is 1.84. The highest BCUT2D eigenvalue weighted by atomic mass is 16.1. The average molecular weight is 134 g/mol. The van der Waals surface area contributed by atoms with E-state index in [2.05, 4.69) is 9.98 Å². The van der Waals surface area contributed by atoms with Crippen molar-refractivity contribution in [1.29, 1.82) is 0 Å². The predicted molar refractivity (Wildman–Crippen MR) is 36.8 cm³/mol. The third-order valence-corrected chi connectivity index (χ3v) is 1.05. The highest BCUT2D eigenvalue weighted by Gasteiger charge is 1.87. The third kappa shape index (κ3) is 1.50. The van der Waals surface area contributed by atoms with E-state index >= 15 is 0 Å². The van der Waals surface area contributed by atoms with E-state index in [4.69, 9.17) is 0 Å². The lowest BCUT2D eigenvalue weighted by Gasteiger charge is -1.89. The molecule has 0 fully saturated rings. The van der Waals surface area contributed by atoms with Crippen LogP contribution >= 0.6 is 0 Å². The summed E-state index contributed by atoms with van der Waals surface area (Å²) in [5.74, 6) is 0. The second-order valence-corrected chi connectivity index (χ2v) is 1.86. The Morgan fingerprint density at radius 3 is 3.10 bits per heavy atom. The SMILES string of the molecule is Cc1cc(N=C=O)ccn1. The van der Waals surface area contributed by atoms with Crippen LogP contribution in [0.4, 0.5) is 5.69 Å². The van der Waals surface area contributed by atoms with E-state index in [1.54, 1.807) is 18.3 Å². The fraction of sp³-hybridized carbons (Fsp3) is 0.143. The molecule has 50 valence electrons. The average Bonchev–Trinajstić information content (AvgIpc) is 1.88. The molecule has 0 N–H and O–H groups in total. The van der Waals surface area contributed by atoms with Gasteiger partial charge in [-0.1, -0.05) is 0 Å². The summed E-state index contributed by atoms with van der Waals surface area (Å²) in [4.78, 5) is 17.1. The number of aromatic nitrogens is 1. The van der Waals surface area contributed by atoms with Gasteiger partial charge in [0.2, 0.25) is 6.08 Å². The van der Waals surface area contributed by atoms with E-state index in [1.165, 1.54) is 6.08 Å². The van der Waals surface area contributed by atoms with E-state index in [9.17, 15) is 4.79 Å². The second kappa shape index (κ2) is 2.90. The molecule has 1 aromatic rings. The van der Waals surface area contributed by atoms with E-state index in [1.807, 2.05) is 6.92 Å². The van der Waals surface area contributed by atoms with Gasteiger partial charge in [0.05, 0.1) is 5.69 Å². The van der Waals surface area contributed by atoms with Crippen molar-refractivity contribution in [2.45, 2.75) is 6.92 Å². The van der Waals surface area contributed by atoms with Crippen molar-refractivity contribution in [3.63, 3.8) is 0 Å². The molecule has 3 heteroatoms. The lowest BCUT2D eigenvalue weighted by Crippen LogP contribution is -1.75. The summed E-state index contributed by atoms with van der Waals surface area (Å²) in [5.41, 5.74) is 1.44. The number of carbonyl (C=O) groups excluding carboxylic acids is 1. The number of isocyanates is 1. The Bertz CT molecular complexity index is 277. The maximum absolute atomic E-state index is 9.77. The molecule has 1 aromatic heterocycles. The number of aliphatic imine (C=N–C) groups is 1. The number of aryl methyl sites for hydroxylation is 1. The summed E-state index contributed by atoms with van der Waals surface area (Å²) in [5, 5.41) is 0. The van der Waals surface area contributed by atoms with Gasteiger partial charge in [0.15, 0.2) is 0 Å². The zero-order chi connectivity index (χ0) is 7.40. The number of rotatable bonds is 1. The van der Waals surface area contributed by atoms with Crippen molar-refractivity contribution < 1.29 is 4.79 Å². The van der Waals surface area contributed by atoms with Gasteiger partial charge in [0.25, 0.3) is 0 Å². The van der Waals surface area contributed by atoms with Crippen molar-refractivity contribution in [1.82, 2.24) is 4.98 Å². The minimum atomic E-state index is 0.600. The standard InChI is InChI=1S/C7H6N2O/c1-6-4-7(9-5-10)2-3-8-6/h2-4H,1H3. The second-order valence-electron chi connectivity index (χ2n) is 1.86. The van der Waals surface area contributed by atoms with Crippen molar-refractivity contribution >= 4 is 11.8 Å². The molecule has 1 heterocycles. The minimum Gasteiger partial charge on any atom is -0.261 e. The molecule has 0 unspecified atom stereocenters. The first-order chi connectivity index (χ1) is 4.83. The van der Waals surface area contributed by atoms with Gasteiger partial charge in [-0.05, 0) is 19.1 Å². The van der Waals surface area contributed by atoms with Crippen molar-refractivity contribution in [2.24, 2.45) is 4.99 Å². The van der Waals surface area contributed by atoms with E-state index < -0.39 is 0 Å². The summed E-state index contributed by atoms with van der Waals surface area (Å²) in [6.07, 6.45) is 3.06. The third-order valence-electron chi connectivity index (χ3n) is 1.05. The Morgan fingerprint density at radius 1 is 1.70 bits per heavy atom. The number of hydrogen-bond acceptors (Lipinski definition) is 3. The first-order valence-electron chi connectivity index (χ1n) is 2.83. The molecule has 10 heavy (non-hydrogen) atoms. The summed E-state index contributed by atoms with van der Waals surface area (Å²) in [6, 6.07) is 3.36. The van der Waals surface area contributed by atoms with Gasteiger partial charge in [0.1, 0.15) is 0 Å². The van der Waals surface area contributed by atoms with Crippen LogP contribution in [0.1, 0.15) is 5.69 Å². The maximum atomic E-state index is 9.77. The fourth-order valence-electron chi connectivity index (χ4n) is 0.653. The lowest BCUT2D eigenvalue weighted by molar-refractivity contribution is 0.565. The van der Waals surface area contributed by atoms with Crippen molar-refractivity contribution in [2.75, 3.05) is 0 Å².